The van der Waals surface area contributed by atoms with Crippen molar-refractivity contribution in [2.75, 3.05) is 58.8 Å². The van der Waals surface area contributed by atoms with Gasteiger partial charge >= 0.3 is 11.9 Å². The Bertz CT molecular complexity index is 5500. The van der Waals surface area contributed by atoms with Crippen LogP contribution in [0.1, 0.15) is 146 Å². The number of nitrogens with zero attached hydrogens (tertiary/aromatic N) is 6. The molecule has 6 heterocycles. The van der Waals surface area contributed by atoms with Crippen LogP contribution in [0.5, 0.6) is 5.75 Å². The van der Waals surface area contributed by atoms with E-state index in [4.69, 9.17) is 11.5 Å². The molecule has 0 bridgehead atoms. The van der Waals surface area contributed by atoms with E-state index < -0.39 is 247 Å². The number of nitrogens with two attached hydrogens (primary N) is 2. The number of unbranched alkanes of at least 4 members (excludes halogenated alkanes) is 2. The van der Waals surface area contributed by atoms with Crippen molar-refractivity contribution >= 4 is 140 Å². The Balaban J connectivity index is 1.03. The highest BCUT2D eigenvalue weighted by Gasteiger charge is 2.47. The van der Waals surface area contributed by atoms with Crippen LogP contribution < -0.4 is 59.3 Å². The molecule has 15 atom stereocenters. The van der Waals surface area contributed by atoms with Gasteiger partial charge in [-0.3, -0.25) is 86.3 Å². The summed E-state index contributed by atoms with van der Waals surface area (Å²) >= 11 is 0.772. The van der Waals surface area contributed by atoms with Crippen LogP contribution in [0.3, 0.4) is 0 Å². The first-order valence-electron chi connectivity index (χ1n) is 46.5. The molecule has 742 valence electrons. The number of benzene rings is 4. The van der Waals surface area contributed by atoms with E-state index >= 15 is 38.4 Å². The number of phenolic OH excluding ortho intramolecular Hbond substituents is 1. The summed E-state index contributed by atoms with van der Waals surface area (Å²) in [7, 11) is 3.96. The molecule has 3 saturated heterocycles. The van der Waals surface area contributed by atoms with Crippen LogP contribution in [0, 0.1) is 11.8 Å². The molecule has 19 N–H and O–H groups in total. The van der Waals surface area contributed by atoms with Crippen LogP contribution in [0.4, 0.5) is 0 Å². The highest BCUT2D eigenvalue weighted by molar-refractivity contribution is 8.00. The molecular weight excluding hydrogens is 1800 g/mol. The van der Waals surface area contributed by atoms with Gasteiger partial charge in [-0.15, -0.1) is 11.8 Å². The number of hydrogen-bond donors (Lipinski definition) is 17. The number of thioether (sulfide) groups is 1. The van der Waals surface area contributed by atoms with E-state index in [1.807, 2.05) is 68.4 Å². The van der Waals surface area contributed by atoms with E-state index in [2.05, 4.69) is 67.8 Å². The average molecular weight is 1930 g/mol. The number of imidazole rings is 1. The molecule has 0 saturated carbocycles. The molecule has 3 aliphatic rings. The number of aromatic amines is 3. The molecule has 15 amide bonds. The monoisotopic (exact) mass is 1930 g/mol. The van der Waals surface area contributed by atoms with Crippen molar-refractivity contribution in [2.24, 2.45) is 23.3 Å². The second kappa shape index (κ2) is 50.7. The van der Waals surface area contributed by atoms with Crippen molar-refractivity contribution < 1.29 is 102 Å². The highest BCUT2D eigenvalue weighted by Crippen LogP contribution is 2.33. The number of phenols is 1. The molecule has 10 rings (SSSR count). The standard InChI is InChI=1S/C96H126N20O21S/c1-8-10-26-75-90(131)104-54(3)84(125)111-74(87(128)102-49-80(98)119)51-138-52-81(120)105-71(39-57-29-31-63(117)32-30-57)92(133)112(5)55(4)85(126)109-73(45-83(123)124)95(136)115-37-19-28-76(115)91(132)108-70(44-62-48-99-53-103-62)89(130)107-69(33-34-82(121)122)94(135)116-50-58(38-56-20-13-12-14-21-56)40-78(116)79(118)43-59(41-60-46-100-66-24-17-15-22-64(60)66)86(127)106-68(35-36-97)88(129)110-72(42-61-47-101-67-25-18-16-23-65(61)67)93(134)114(7)77(27-11-9-2)96(137)113(75)6/h12-18,20-25,29-32,46-48,53-55,58-59,68-78,100-101,117H,8-11,19,26-28,33-45,49-52,97H2,1-7H3,(H2,98,119)(H,99,103)(H,102,128)(H,104,131)(H,105,120)(H,106,127)(H,107,130)(H,108,132)(H,109,126)(H,110,129)(H,111,125)(H,121,122)(H,123,124)/t54-,55-,58+,59+,68-,69-,70-,71-,72-,73-,74-,75-,76-,77-,78-/m0/s1. The number of nitrogens with one attached hydrogen (secondary N) is 12. The molecule has 0 radical (unpaired) electrons. The van der Waals surface area contributed by atoms with Gasteiger partial charge in [0, 0.05) is 118 Å². The third-order valence-electron chi connectivity index (χ3n) is 25.4. The number of likely N-dealkylation sites (N-methyl/N-ethyl adjacent to an activating group) is 3. The van der Waals surface area contributed by atoms with Gasteiger partial charge in [-0.1, -0.05) is 118 Å². The zero-order chi connectivity index (χ0) is 100. The Morgan fingerprint density at radius 3 is 1.74 bits per heavy atom. The van der Waals surface area contributed by atoms with Gasteiger partial charge in [0.25, 0.3) is 0 Å². The van der Waals surface area contributed by atoms with Gasteiger partial charge in [0.1, 0.15) is 78.3 Å². The Kier molecular flexibility index (Phi) is 38.9. The zero-order valence-electron chi connectivity index (χ0n) is 78.4. The minimum absolute atomic E-state index is 0.00767. The number of carbonyl (C=O) groups is 18. The van der Waals surface area contributed by atoms with Gasteiger partial charge in [-0.25, -0.2) is 4.98 Å². The van der Waals surface area contributed by atoms with E-state index in [1.165, 1.54) is 86.5 Å². The fraction of sp³-hybridized carbons (Fsp3) is 0.490. The summed E-state index contributed by atoms with van der Waals surface area (Å²) in [5.74, 6) is -20.3. The number of aliphatic carboxylic acids is 2. The van der Waals surface area contributed by atoms with E-state index in [9.17, 15) is 63.3 Å². The number of H-pyrrole nitrogens is 3. The minimum atomic E-state index is -1.93. The molecule has 3 aliphatic heterocycles. The summed E-state index contributed by atoms with van der Waals surface area (Å²) in [4.78, 5) is 283. The molecular formula is C96H126N20O21S. The van der Waals surface area contributed by atoms with Crippen LogP contribution in [0.25, 0.3) is 21.8 Å². The van der Waals surface area contributed by atoms with E-state index in [0.29, 0.717) is 70.6 Å². The molecule has 41 nitrogen and oxygen atoms in total. The molecule has 3 aromatic heterocycles. The molecule has 4 aromatic carbocycles. The van der Waals surface area contributed by atoms with Crippen molar-refractivity contribution in [3.63, 3.8) is 0 Å². The number of aromatic nitrogens is 4. The molecule has 0 aliphatic carbocycles. The second-order valence-electron chi connectivity index (χ2n) is 35.5. The number of hydrogen-bond acceptors (Lipinski definition) is 22. The quantitative estimate of drug-likeness (QED) is 0.0362. The predicted octanol–water partition coefficient (Wildman–Crippen LogP) is 1.19. The molecule has 42 heteroatoms. The number of ketones is 1. The van der Waals surface area contributed by atoms with Crippen molar-refractivity contribution in [3.05, 3.63) is 156 Å². The fourth-order valence-electron chi connectivity index (χ4n) is 17.6. The number of aromatic hydroxyl groups is 1. The Labute approximate surface area is 801 Å². The van der Waals surface area contributed by atoms with Crippen LogP contribution in [-0.2, 0) is 118 Å². The van der Waals surface area contributed by atoms with E-state index in [-0.39, 0.29) is 88.9 Å². The maximum Gasteiger partial charge on any atom is 0.305 e. The SMILES string of the molecule is CCCC[C@H]1C(=O)N(C)[C@@H](CCCC)C(=O)N[C@@H](C)C(=O)N[C@H](C(=O)NCC(N)=O)CSCC(=O)N[C@@H](Cc2ccc(O)cc2)C(=O)N(C)[C@@H](C)C(=O)N[C@@H](CC(=O)O)C(=O)N2CCC[C@H]2C(=O)N[C@@H](Cc2c[nH]cn2)C(=O)N[C@@H](CCC(=O)O)C(=O)N2C[C@H](Cc3ccccc3)C[C@H]2C(=O)C[C@@H](Cc2c[nH]c3ccccc23)C(=O)N[C@@H](CCN)C(=O)N[C@@H](Cc2c[nH]c3ccccc23)C(=O)N1C. The van der Waals surface area contributed by atoms with Crippen molar-refractivity contribution in [1.29, 1.82) is 0 Å². The molecule has 7 aromatic rings. The van der Waals surface area contributed by atoms with Crippen molar-refractivity contribution in [3.8, 4) is 5.75 Å². The van der Waals surface area contributed by atoms with Crippen LogP contribution in [0.15, 0.2) is 128 Å². The summed E-state index contributed by atoms with van der Waals surface area (Å²) in [6.45, 7) is 5.02. The number of carbonyl (C=O) groups excluding carboxylic acids is 16. The smallest absolute Gasteiger partial charge is 0.305 e. The zero-order valence-corrected chi connectivity index (χ0v) is 79.2. The maximum atomic E-state index is 15.9. The number of Topliss-reactive ketones (excluding diaryl/α,β-unsaturated/α-hetero) is 1. The first-order valence-corrected chi connectivity index (χ1v) is 47.6. The van der Waals surface area contributed by atoms with Crippen LogP contribution in [0.2, 0.25) is 0 Å². The Hall–Kier alpha value is -14.1. The minimum Gasteiger partial charge on any atom is -0.508 e. The summed E-state index contributed by atoms with van der Waals surface area (Å²) in [5.41, 5.74) is 15.6. The summed E-state index contributed by atoms with van der Waals surface area (Å²) in [6, 6.07) is 9.09. The summed E-state index contributed by atoms with van der Waals surface area (Å²) in [6.07, 6.45) is 3.99. The third-order valence-corrected chi connectivity index (χ3v) is 26.4. The fourth-order valence-corrected chi connectivity index (χ4v) is 18.5. The maximum absolute atomic E-state index is 15.9. The van der Waals surface area contributed by atoms with Gasteiger partial charge < -0.3 is 114 Å². The Morgan fingerprint density at radius 2 is 1.11 bits per heavy atom. The van der Waals surface area contributed by atoms with E-state index in [0.717, 1.165) is 27.1 Å². The number of primary amides is 1. The van der Waals surface area contributed by atoms with Gasteiger partial charge in [-0.2, -0.15) is 0 Å². The number of amides is 15. The lowest BCUT2D eigenvalue weighted by Crippen LogP contribution is -2.60. The normalized spacial score (nSPS) is 24.5. The average Bonchev–Trinajstić information content (AvgIpc) is 1.60. The molecule has 3 fully saturated rings. The number of rotatable bonds is 26. The first-order chi connectivity index (χ1) is 65.9. The second-order valence-corrected chi connectivity index (χ2v) is 36.5. The third kappa shape index (κ3) is 29.0. The van der Waals surface area contributed by atoms with Gasteiger partial charge in [0.2, 0.25) is 88.6 Å². The van der Waals surface area contributed by atoms with E-state index in [1.54, 1.807) is 36.7 Å². The first kappa shape index (κ1) is 106. The van der Waals surface area contributed by atoms with Gasteiger partial charge in [0.05, 0.1) is 36.8 Å². The van der Waals surface area contributed by atoms with Gasteiger partial charge in [-0.05, 0) is 131 Å². The number of carboxylic acids is 2. The summed E-state index contributed by atoms with van der Waals surface area (Å²) < 4.78 is 0. The highest BCUT2D eigenvalue weighted by atomic mass is 32.2. The van der Waals surface area contributed by atoms with Crippen LogP contribution >= 0.6 is 11.8 Å². The molecule has 0 spiro atoms. The lowest BCUT2D eigenvalue weighted by atomic mass is 9.88. The van der Waals surface area contributed by atoms with Crippen molar-refractivity contribution in [1.82, 2.24) is 92.3 Å². The van der Waals surface area contributed by atoms with Crippen molar-refractivity contribution in [2.45, 2.75) is 228 Å². The number of para-hydroxylation sites is 2. The summed E-state index contributed by atoms with van der Waals surface area (Å²) in [5, 5.41) is 55.9. The molecule has 0 unspecified atom stereocenters. The largest absolute Gasteiger partial charge is 0.508 e. The Morgan fingerprint density at radius 1 is 0.529 bits per heavy atom. The lowest BCUT2D eigenvalue weighted by Gasteiger charge is -2.36. The predicted molar refractivity (Wildman–Crippen MR) is 508 cm³/mol. The lowest BCUT2D eigenvalue weighted by molar-refractivity contribution is -0.149. The number of carboxylic acid groups (broad SMARTS) is 2. The number of fused-ring (bicyclic) bond motifs is 4. The molecule has 138 heavy (non-hydrogen) atoms. The van der Waals surface area contributed by atoms with Gasteiger partial charge in [0.15, 0.2) is 5.78 Å². The topological polar surface area (TPSA) is 605 Å². The van der Waals surface area contributed by atoms with Crippen LogP contribution in [-0.4, -0.2) is 303 Å².